The second-order valence-corrected chi connectivity index (χ2v) is 4.16. The molecule has 0 aliphatic heterocycles. The van der Waals surface area contributed by atoms with Crippen molar-refractivity contribution in [3.05, 3.63) is 12.7 Å². The summed E-state index contributed by atoms with van der Waals surface area (Å²) in [4.78, 5) is 0. The third-order valence-electron chi connectivity index (χ3n) is 1.73. The second-order valence-electron chi connectivity index (χ2n) is 2.91. The molecule has 0 aliphatic rings. The summed E-state index contributed by atoms with van der Waals surface area (Å²) >= 11 is 1.70. The van der Waals surface area contributed by atoms with E-state index in [9.17, 15) is 0 Å². The Kier molecular flexibility index (Phi) is 10.1. The van der Waals surface area contributed by atoms with Gasteiger partial charge >= 0.3 is 0 Å². The molecule has 0 aromatic heterocycles. The number of rotatable bonds is 9. The third-order valence-corrected chi connectivity index (χ3v) is 2.87. The van der Waals surface area contributed by atoms with Crippen molar-refractivity contribution in [3.8, 4) is 0 Å². The molecule has 0 rings (SSSR count). The van der Waals surface area contributed by atoms with Gasteiger partial charge in [-0.1, -0.05) is 25.8 Å². The zero-order valence-electron chi connectivity index (χ0n) is 8.46. The fraction of sp³-hybridized carbons (Fsp3) is 0.800. The van der Waals surface area contributed by atoms with Crippen molar-refractivity contribution in [2.75, 3.05) is 18.9 Å². The number of hydrogen-bond acceptors (Lipinski definition) is 3. The highest BCUT2D eigenvalue weighted by Crippen LogP contribution is 2.08. The Labute approximate surface area is 85.8 Å². The normalized spacial score (nSPS) is 12.8. The Balaban J connectivity index is 3.31. The van der Waals surface area contributed by atoms with E-state index < -0.39 is 0 Å². The maximum Gasteiger partial charge on any atom is 0.0717 e. The van der Waals surface area contributed by atoms with Gasteiger partial charge in [-0.15, -0.1) is 18.3 Å². The van der Waals surface area contributed by atoms with Gasteiger partial charge < -0.3 is 10.4 Å². The fourth-order valence-corrected chi connectivity index (χ4v) is 1.74. The van der Waals surface area contributed by atoms with Crippen LogP contribution in [0.5, 0.6) is 0 Å². The van der Waals surface area contributed by atoms with Gasteiger partial charge in [0.25, 0.3) is 0 Å². The first-order valence-electron chi connectivity index (χ1n) is 4.93. The minimum atomic E-state index is 0.242. The summed E-state index contributed by atoms with van der Waals surface area (Å²) in [7, 11) is 0. The molecule has 0 bridgehead atoms. The number of hydrogen-bond donors (Lipinski definition) is 2. The van der Waals surface area contributed by atoms with E-state index in [1.165, 1.54) is 19.3 Å². The summed E-state index contributed by atoms with van der Waals surface area (Å²) in [6, 6.07) is 0. The van der Waals surface area contributed by atoms with Crippen LogP contribution in [0.3, 0.4) is 0 Å². The van der Waals surface area contributed by atoms with Crippen LogP contribution >= 0.6 is 11.8 Å². The van der Waals surface area contributed by atoms with Crippen LogP contribution in [0.1, 0.15) is 26.2 Å². The third kappa shape index (κ3) is 8.34. The Morgan fingerprint density at radius 3 is 2.85 bits per heavy atom. The zero-order chi connectivity index (χ0) is 9.94. The molecule has 13 heavy (non-hydrogen) atoms. The van der Waals surface area contributed by atoms with Gasteiger partial charge in [0.2, 0.25) is 0 Å². The van der Waals surface area contributed by atoms with Crippen molar-refractivity contribution in [2.24, 2.45) is 0 Å². The molecule has 0 radical (unpaired) electrons. The van der Waals surface area contributed by atoms with Crippen molar-refractivity contribution in [1.29, 1.82) is 0 Å². The van der Waals surface area contributed by atoms with Gasteiger partial charge in [-0.25, -0.2) is 0 Å². The highest BCUT2D eigenvalue weighted by atomic mass is 32.2. The molecule has 0 aromatic carbocycles. The average Bonchev–Trinajstić information content (AvgIpc) is 2.17. The highest BCUT2D eigenvalue weighted by molar-refractivity contribution is 8.00. The molecule has 0 aliphatic carbocycles. The summed E-state index contributed by atoms with van der Waals surface area (Å²) < 4.78 is 0. The van der Waals surface area contributed by atoms with Crippen LogP contribution in [0, 0.1) is 0 Å². The molecule has 0 saturated heterocycles. The van der Waals surface area contributed by atoms with Crippen LogP contribution in [0.15, 0.2) is 12.7 Å². The number of aliphatic hydroxyl groups excluding tert-OH is 1. The van der Waals surface area contributed by atoms with Crippen LogP contribution in [0.25, 0.3) is 0 Å². The van der Waals surface area contributed by atoms with E-state index in [-0.39, 0.29) is 6.61 Å². The molecule has 3 heteroatoms. The topological polar surface area (TPSA) is 32.3 Å². The van der Waals surface area contributed by atoms with Crippen molar-refractivity contribution < 1.29 is 5.11 Å². The zero-order valence-corrected chi connectivity index (χ0v) is 9.28. The number of thioether (sulfide) groups is 1. The van der Waals surface area contributed by atoms with E-state index in [0.29, 0.717) is 5.37 Å². The standard InChI is InChI=1S/C10H21NOS/c1-3-5-6-7-11-10(4-2)13-9-8-12/h4,10-12H,2-3,5-9H2,1H3. The summed E-state index contributed by atoms with van der Waals surface area (Å²) in [5.41, 5.74) is 0. The van der Waals surface area contributed by atoms with Crippen LogP contribution in [0.2, 0.25) is 0 Å². The van der Waals surface area contributed by atoms with Crippen molar-refractivity contribution in [1.82, 2.24) is 5.32 Å². The molecular formula is C10H21NOS. The van der Waals surface area contributed by atoms with Gasteiger partial charge in [0.05, 0.1) is 12.0 Å². The van der Waals surface area contributed by atoms with Gasteiger partial charge in [-0.3, -0.25) is 0 Å². The predicted molar refractivity (Wildman–Crippen MR) is 61.1 cm³/mol. The molecule has 0 saturated carbocycles. The van der Waals surface area contributed by atoms with Crippen LogP contribution < -0.4 is 5.32 Å². The maximum absolute atomic E-state index is 8.64. The fourth-order valence-electron chi connectivity index (χ4n) is 1.01. The van der Waals surface area contributed by atoms with E-state index in [1.807, 2.05) is 6.08 Å². The van der Waals surface area contributed by atoms with E-state index >= 15 is 0 Å². The summed E-state index contributed by atoms with van der Waals surface area (Å²) in [6.45, 7) is 7.23. The lowest BCUT2D eigenvalue weighted by molar-refractivity contribution is 0.322. The van der Waals surface area contributed by atoms with Gasteiger partial charge in [0.15, 0.2) is 0 Å². The molecule has 2 N–H and O–H groups in total. The van der Waals surface area contributed by atoms with E-state index in [1.54, 1.807) is 11.8 Å². The first-order chi connectivity index (χ1) is 6.35. The lowest BCUT2D eigenvalue weighted by atomic mass is 10.2. The first-order valence-corrected chi connectivity index (χ1v) is 5.98. The molecule has 78 valence electrons. The van der Waals surface area contributed by atoms with Gasteiger partial charge in [0, 0.05) is 5.75 Å². The second kappa shape index (κ2) is 10.1. The van der Waals surface area contributed by atoms with Gasteiger partial charge in [-0.05, 0) is 13.0 Å². The number of nitrogens with one attached hydrogen (secondary N) is 1. The van der Waals surface area contributed by atoms with Crippen LogP contribution in [-0.2, 0) is 0 Å². The number of aliphatic hydroxyl groups is 1. The molecule has 0 spiro atoms. The highest BCUT2D eigenvalue weighted by Gasteiger charge is 2.01. The van der Waals surface area contributed by atoms with Crippen molar-refractivity contribution >= 4 is 11.8 Å². The van der Waals surface area contributed by atoms with E-state index in [4.69, 9.17) is 5.11 Å². The van der Waals surface area contributed by atoms with E-state index in [0.717, 1.165) is 12.3 Å². The van der Waals surface area contributed by atoms with Crippen LogP contribution in [-0.4, -0.2) is 29.4 Å². The molecular weight excluding hydrogens is 182 g/mol. The Bertz CT molecular complexity index is 119. The molecule has 0 fully saturated rings. The minimum absolute atomic E-state index is 0.242. The van der Waals surface area contributed by atoms with E-state index in [2.05, 4.69) is 18.8 Å². The summed E-state index contributed by atoms with van der Waals surface area (Å²) in [6.07, 6.45) is 5.65. The number of unbranched alkanes of at least 4 members (excludes halogenated alkanes) is 2. The lowest BCUT2D eigenvalue weighted by Crippen LogP contribution is -2.25. The Hall–Kier alpha value is 0.01000. The minimum Gasteiger partial charge on any atom is -0.396 e. The van der Waals surface area contributed by atoms with Crippen LogP contribution in [0.4, 0.5) is 0 Å². The molecule has 2 nitrogen and oxygen atoms in total. The lowest BCUT2D eigenvalue weighted by Gasteiger charge is -2.13. The van der Waals surface area contributed by atoms with Gasteiger partial charge in [0.1, 0.15) is 0 Å². The molecule has 0 heterocycles. The first kappa shape index (κ1) is 13.0. The Morgan fingerprint density at radius 1 is 1.54 bits per heavy atom. The Morgan fingerprint density at radius 2 is 2.31 bits per heavy atom. The molecule has 1 atom stereocenters. The summed E-state index contributed by atoms with van der Waals surface area (Å²) in [5, 5.41) is 12.3. The quantitative estimate of drug-likeness (QED) is 0.341. The largest absolute Gasteiger partial charge is 0.396 e. The predicted octanol–water partition coefficient (Wildman–Crippen LogP) is 2.00. The summed E-state index contributed by atoms with van der Waals surface area (Å²) in [5.74, 6) is 0.775. The SMILES string of the molecule is C=CC(NCCCCC)SCCO. The molecule has 1 unspecified atom stereocenters. The monoisotopic (exact) mass is 203 g/mol. The van der Waals surface area contributed by atoms with Crippen molar-refractivity contribution in [3.63, 3.8) is 0 Å². The van der Waals surface area contributed by atoms with Crippen molar-refractivity contribution in [2.45, 2.75) is 31.6 Å². The molecule has 0 amide bonds. The molecule has 0 aromatic rings. The smallest absolute Gasteiger partial charge is 0.0717 e. The average molecular weight is 203 g/mol. The van der Waals surface area contributed by atoms with Gasteiger partial charge in [-0.2, -0.15) is 0 Å². The maximum atomic E-state index is 8.64.